The Morgan fingerprint density at radius 1 is 0.933 bits per heavy atom. The lowest BCUT2D eigenvalue weighted by molar-refractivity contribution is -0.140. The topological polar surface area (TPSA) is 63.7 Å². The molecule has 2 aromatic carbocycles. The van der Waals surface area contributed by atoms with Gasteiger partial charge in [-0.1, -0.05) is 38.3 Å². The second-order valence-electron chi connectivity index (χ2n) is 8.27. The van der Waals surface area contributed by atoms with Gasteiger partial charge in [0.25, 0.3) is 11.8 Å². The number of carbonyl (C=O) groups excluding carboxylic acids is 3. The third-order valence-corrected chi connectivity index (χ3v) is 6.25. The predicted octanol–water partition coefficient (Wildman–Crippen LogP) is 5.39. The molecule has 0 saturated heterocycles. The molecule has 0 bridgehead atoms. The number of hydrogen-bond acceptors (Lipinski definition) is 4. The maximum atomic E-state index is 12.6. The molecule has 1 saturated carbocycles. The van der Waals surface area contributed by atoms with Gasteiger partial charge in [-0.05, 0) is 68.0 Å². The number of anilines is 1. The van der Waals surface area contributed by atoms with Crippen LogP contribution in [0.15, 0.2) is 48.5 Å². The Labute approximate surface area is 177 Å². The van der Waals surface area contributed by atoms with Gasteiger partial charge in [-0.25, -0.2) is 4.90 Å². The van der Waals surface area contributed by atoms with Crippen molar-refractivity contribution in [1.29, 1.82) is 0 Å². The summed E-state index contributed by atoms with van der Waals surface area (Å²) in [7, 11) is 0. The van der Waals surface area contributed by atoms with Gasteiger partial charge in [0.2, 0.25) is 0 Å². The van der Waals surface area contributed by atoms with Crippen molar-refractivity contribution in [3.63, 3.8) is 0 Å². The first-order chi connectivity index (χ1) is 14.6. The van der Waals surface area contributed by atoms with Crippen molar-refractivity contribution >= 4 is 23.5 Å². The zero-order valence-electron chi connectivity index (χ0n) is 17.3. The number of benzene rings is 2. The minimum absolute atomic E-state index is 0.0428. The third-order valence-electron chi connectivity index (χ3n) is 6.25. The van der Waals surface area contributed by atoms with Crippen LogP contribution in [0.1, 0.15) is 72.6 Å². The van der Waals surface area contributed by atoms with Gasteiger partial charge in [0.1, 0.15) is 5.75 Å². The van der Waals surface area contributed by atoms with Crippen molar-refractivity contribution < 1.29 is 19.1 Å². The van der Waals surface area contributed by atoms with Gasteiger partial charge in [-0.2, -0.15) is 0 Å². The predicted molar refractivity (Wildman–Crippen MR) is 115 cm³/mol. The highest BCUT2D eigenvalue weighted by Gasteiger charge is 2.36. The molecule has 5 nitrogen and oxygen atoms in total. The monoisotopic (exact) mass is 405 g/mol. The molecule has 1 heterocycles. The molecule has 0 unspecified atom stereocenters. The van der Waals surface area contributed by atoms with E-state index in [4.69, 9.17) is 4.74 Å². The molecule has 156 valence electrons. The lowest BCUT2D eigenvalue weighted by atomic mass is 9.80. The first kappa shape index (κ1) is 20.3. The number of carbonyl (C=O) groups is 3. The first-order valence-electron chi connectivity index (χ1n) is 10.9. The average molecular weight is 405 g/mol. The molecule has 1 fully saturated rings. The Balaban J connectivity index is 1.36. The Bertz CT molecular complexity index is 907. The Morgan fingerprint density at radius 2 is 1.53 bits per heavy atom. The standard InChI is InChI=1S/C25H27NO4/c1-2-3-6-17-9-11-18(12-10-17)25(29)30-20-15-13-19(14-16-20)26-23(27)21-7-4-5-8-22(21)24(26)28/h4-5,7-8,13-18H,2-3,6,9-12H2,1H3. The second-order valence-corrected chi connectivity index (χ2v) is 8.27. The van der Waals surface area contributed by atoms with E-state index in [9.17, 15) is 14.4 Å². The van der Waals surface area contributed by atoms with E-state index in [2.05, 4.69) is 6.92 Å². The molecule has 1 aliphatic carbocycles. The van der Waals surface area contributed by atoms with Gasteiger partial charge in [0, 0.05) is 0 Å². The zero-order chi connectivity index (χ0) is 21.1. The highest BCUT2D eigenvalue weighted by atomic mass is 16.5. The fourth-order valence-electron chi connectivity index (χ4n) is 4.47. The second kappa shape index (κ2) is 8.82. The summed E-state index contributed by atoms with van der Waals surface area (Å²) in [5.41, 5.74) is 1.29. The summed E-state index contributed by atoms with van der Waals surface area (Å²) < 4.78 is 5.58. The van der Waals surface area contributed by atoms with Crippen LogP contribution in [0.3, 0.4) is 0 Å². The minimum atomic E-state index is -0.333. The molecule has 2 amide bonds. The number of ether oxygens (including phenoxy) is 1. The van der Waals surface area contributed by atoms with Crippen LogP contribution in [-0.4, -0.2) is 17.8 Å². The molecular formula is C25H27NO4. The van der Waals surface area contributed by atoms with Gasteiger partial charge in [0.05, 0.1) is 22.7 Å². The molecule has 30 heavy (non-hydrogen) atoms. The van der Waals surface area contributed by atoms with Crippen LogP contribution >= 0.6 is 0 Å². The maximum Gasteiger partial charge on any atom is 0.314 e. The first-order valence-corrected chi connectivity index (χ1v) is 10.9. The molecule has 0 radical (unpaired) electrons. The summed E-state index contributed by atoms with van der Waals surface area (Å²) in [4.78, 5) is 38.9. The van der Waals surface area contributed by atoms with Crippen LogP contribution < -0.4 is 9.64 Å². The van der Waals surface area contributed by atoms with Crippen molar-refractivity contribution in [3.8, 4) is 5.75 Å². The summed E-state index contributed by atoms with van der Waals surface area (Å²) in [5.74, 6) is 0.290. The third kappa shape index (κ3) is 4.02. The quantitative estimate of drug-likeness (QED) is 0.367. The van der Waals surface area contributed by atoms with Crippen molar-refractivity contribution in [3.05, 3.63) is 59.7 Å². The summed E-state index contributed by atoms with van der Waals surface area (Å²) in [5, 5.41) is 0. The van der Waals surface area contributed by atoms with Gasteiger partial charge < -0.3 is 4.74 Å². The molecule has 1 aliphatic heterocycles. The molecule has 5 heteroatoms. The Hall–Kier alpha value is -2.95. The number of amides is 2. The number of hydrogen-bond donors (Lipinski definition) is 0. The molecule has 0 N–H and O–H groups in total. The number of esters is 1. The SMILES string of the molecule is CCCCC1CCC(C(=O)Oc2ccc(N3C(=O)c4ccccc4C3=O)cc2)CC1. The minimum Gasteiger partial charge on any atom is -0.426 e. The van der Waals surface area contributed by atoms with E-state index in [1.54, 1.807) is 48.5 Å². The normalized spacial score (nSPS) is 20.9. The summed E-state index contributed by atoms with van der Waals surface area (Å²) in [6.07, 6.45) is 7.72. The van der Waals surface area contributed by atoms with Gasteiger partial charge in [0.15, 0.2) is 0 Å². The average Bonchev–Trinajstić information content (AvgIpc) is 3.03. The summed E-state index contributed by atoms with van der Waals surface area (Å²) in [6.45, 7) is 2.21. The molecule has 0 spiro atoms. The van der Waals surface area contributed by atoms with Gasteiger partial charge in [-0.15, -0.1) is 0 Å². The lowest BCUT2D eigenvalue weighted by Gasteiger charge is -2.27. The van der Waals surface area contributed by atoms with Crippen LogP contribution in [0, 0.1) is 11.8 Å². The van der Waals surface area contributed by atoms with Crippen LogP contribution in [0.2, 0.25) is 0 Å². The number of fused-ring (bicyclic) bond motifs is 1. The van der Waals surface area contributed by atoms with E-state index < -0.39 is 0 Å². The largest absolute Gasteiger partial charge is 0.426 e. The van der Waals surface area contributed by atoms with Crippen molar-refractivity contribution in [1.82, 2.24) is 0 Å². The number of nitrogens with zero attached hydrogens (tertiary/aromatic N) is 1. The molecular weight excluding hydrogens is 378 g/mol. The molecule has 2 aliphatic rings. The molecule has 0 aromatic heterocycles. The summed E-state index contributed by atoms with van der Waals surface area (Å²) in [6, 6.07) is 13.4. The number of rotatable bonds is 6. The number of unbranched alkanes of at least 4 members (excludes halogenated alkanes) is 1. The lowest BCUT2D eigenvalue weighted by Crippen LogP contribution is -2.29. The molecule has 4 rings (SSSR count). The highest BCUT2D eigenvalue weighted by Crippen LogP contribution is 2.33. The van der Waals surface area contributed by atoms with Crippen LogP contribution in [0.4, 0.5) is 5.69 Å². The van der Waals surface area contributed by atoms with Crippen LogP contribution in [-0.2, 0) is 4.79 Å². The fourth-order valence-corrected chi connectivity index (χ4v) is 4.47. The van der Waals surface area contributed by atoms with Crippen molar-refractivity contribution in [2.45, 2.75) is 51.9 Å². The fraction of sp³-hybridized carbons (Fsp3) is 0.400. The Morgan fingerprint density at radius 3 is 2.10 bits per heavy atom. The Kier molecular flexibility index (Phi) is 5.98. The van der Waals surface area contributed by atoms with E-state index in [0.29, 0.717) is 22.6 Å². The van der Waals surface area contributed by atoms with Crippen LogP contribution in [0.25, 0.3) is 0 Å². The maximum absolute atomic E-state index is 12.6. The zero-order valence-corrected chi connectivity index (χ0v) is 17.3. The van der Waals surface area contributed by atoms with Crippen molar-refractivity contribution in [2.75, 3.05) is 4.90 Å². The van der Waals surface area contributed by atoms with Crippen molar-refractivity contribution in [2.24, 2.45) is 11.8 Å². The van der Waals surface area contributed by atoms with Gasteiger partial charge >= 0.3 is 5.97 Å². The highest BCUT2D eigenvalue weighted by molar-refractivity contribution is 6.34. The van der Waals surface area contributed by atoms with E-state index in [0.717, 1.165) is 36.5 Å². The van der Waals surface area contributed by atoms with E-state index in [-0.39, 0.29) is 23.7 Å². The van der Waals surface area contributed by atoms with E-state index in [1.165, 1.54) is 19.3 Å². The smallest absolute Gasteiger partial charge is 0.314 e. The van der Waals surface area contributed by atoms with Crippen LogP contribution in [0.5, 0.6) is 5.75 Å². The number of imide groups is 1. The van der Waals surface area contributed by atoms with Gasteiger partial charge in [-0.3, -0.25) is 14.4 Å². The molecule has 2 aromatic rings. The van der Waals surface area contributed by atoms with E-state index in [1.807, 2.05) is 0 Å². The van der Waals surface area contributed by atoms with E-state index >= 15 is 0 Å². The molecule has 0 atom stereocenters. The summed E-state index contributed by atoms with van der Waals surface area (Å²) >= 11 is 0.